The van der Waals surface area contributed by atoms with Gasteiger partial charge in [-0.25, -0.2) is 4.79 Å². The van der Waals surface area contributed by atoms with E-state index in [0.29, 0.717) is 25.7 Å². The molecule has 0 bridgehead atoms. The van der Waals surface area contributed by atoms with E-state index in [-0.39, 0.29) is 36.2 Å². The lowest BCUT2D eigenvalue weighted by molar-refractivity contribution is -0.887. The van der Waals surface area contributed by atoms with Crippen LogP contribution in [-0.2, 0) is 28.6 Å². The summed E-state index contributed by atoms with van der Waals surface area (Å²) in [5.41, 5.74) is 0. The van der Waals surface area contributed by atoms with Crippen molar-refractivity contribution >= 4 is 17.9 Å². The highest BCUT2D eigenvalue weighted by Gasteiger charge is 2.31. The van der Waals surface area contributed by atoms with Crippen molar-refractivity contribution in [2.24, 2.45) is 0 Å². The summed E-state index contributed by atoms with van der Waals surface area (Å²) in [6, 6.07) is -0.620. The standard InChI is InChI=1S/C41H73NO7/c1-6-8-10-12-14-16-17-18-19-20-21-22-24-26-28-30-32-40(44)49-37(35-47-34-33-38(41(45)46)42(3,4)5)36-48-39(43)31-29-27-25-23-15-13-11-9-7-2/h19-23,25,37-38H,6-18,24,26-36H2,1-5H3/p+1/b20-19+,22-21+,25-23+. The molecule has 8 nitrogen and oxygen atoms in total. The summed E-state index contributed by atoms with van der Waals surface area (Å²) in [7, 11) is 5.49. The number of esters is 2. The number of rotatable bonds is 34. The molecular formula is C41H74NO7+. The normalized spacial score (nSPS) is 13.4. The van der Waals surface area contributed by atoms with Crippen LogP contribution in [0.5, 0.6) is 0 Å². The van der Waals surface area contributed by atoms with Crippen molar-refractivity contribution in [3.63, 3.8) is 0 Å². The molecule has 0 spiro atoms. The zero-order valence-corrected chi connectivity index (χ0v) is 32.1. The maximum absolute atomic E-state index is 12.6. The molecule has 284 valence electrons. The quantitative estimate of drug-likeness (QED) is 0.0236. The van der Waals surface area contributed by atoms with Crippen LogP contribution in [0.4, 0.5) is 0 Å². The molecule has 2 atom stereocenters. The predicted molar refractivity (Wildman–Crippen MR) is 201 cm³/mol. The molecule has 0 aromatic rings. The van der Waals surface area contributed by atoms with E-state index in [1.54, 1.807) is 0 Å². The van der Waals surface area contributed by atoms with E-state index in [1.807, 2.05) is 21.1 Å². The minimum absolute atomic E-state index is 0.0422. The molecule has 0 rings (SSSR count). The zero-order valence-electron chi connectivity index (χ0n) is 32.1. The Hall–Kier alpha value is -2.45. The van der Waals surface area contributed by atoms with Gasteiger partial charge in [0.1, 0.15) is 6.61 Å². The Kier molecular flexibility index (Phi) is 31.1. The fourth-order valence-electron chi connectivity index (χ4n) is 5.44. The molecule has 0 saturated carbocycles. The van der Waals surface area contributed by atoms with Crippen LogP contribution in [0.3, 0.4) is 0 Å². The third kappa shape index (κ3) is 31.3. The average molecular weight is 693 g/mol. The Labute approximate surface area is 300 Å². The van der Waals surface area contributed by atoms with Gasteiger partial charge in [0, 0.05) is 19.3 Å². The number of carboxylic acid groups (broad SMARTS) is 1. The van der Waals surface area contributed by atoms with E-state index >= 15 is 0 Å². The van der Waals surface area contributed by atoms with Gasteiger partial charge in [0.2, 0.25) is 0 Å². The fourth-order valence-corrected chi connectivity index (χ4v) is 5.44. The van der Waals surface area contributed by atoms with Gasteiger partial charge in [-0.05, 0) is 57.8 Å². The van der Waals surface area contributed by atoms with E-state index in [4.69, 9.17) is 14.2 Å². The number of quaternary nitrogens is 1. The van der Waals surface area contributed by atoms with Crippen LogP contribution in [0.15, 0.2) is 36.5 Å². The molecule has 0 heterocycles. The number of allylic oxidation sites excluding steroid dienone is 6. The topological polar surface area (TPSA) is 99.1 Å². The number of aliphatic carboxylic acids is 1. The Balaban J connectivity index is 4.47. The molecular weight excluding hydrogens is 618 g/mol. The Bertz CT molecular complexity index is 906. The number of ether oxygens (including phenoxy) is 3. The molecule has 2 unspecified atom stereocenters. The maximum atomic E-state index is 12.6. The van der Waals surface area contributed by atoms with Gasteiger partial charge in [0.25, 0.3) is 0 Å². The third-order valence-corrected chi connectivity index (χ3v) is 8.54. The second-order valence-electron chi connectivity index (χ2n) is 14.2. The van der Waals surface area contributed by atoms with Gasteiger partial charge in [-0.3, -0.25) is 9.59 Å². The van der Waals surface area contributed by atoms with Gasteiger partial charge in [-0.15, -0.1) is 0 Å². The Morgan fingerprint density at radius 1 is 0.612 bits per heavy atom. The van der Waals surface area contributed by atoms with Crippen molar-refractivity contribution < 1.29 is 38.2 Å². The van der Waals surface area contributed by atoms with E-state index in [1.165, 1.54) is 70.6 Å². The Morgan fingerprint density at radius 3 is 1.67 bits per heavy atom. The van der Waals surface area contributed by atoms with Crippen molar-refractivity contribution in [2.45, 2.75) is 167 Å². The SMILES string of the molecule is CCCCCC/C=C/CCCC(=O)OCC(COCCC(C(=O)O)[N+](C)(C)C)OC(=O)CCCCC/C=C/C=C/CCCCCCCCC. The summed E-state index contributed by atoms with van der Waals surface area (Å²) in [4.78, 5) is 36.7. The summed E-state index contributed by atoms with van der Waals surface area (Å²) in [5.74, 6) is -1.55. The molecule has 0 aliphatic carbocycles. The Morgan fingerprint density at radius 2 is 1.10 bits per heavy atom. The van der Waals surface area contributed by atoms with E-state index in [0.717, 1.165) is 44.9 Å². The van der Waals surface area contributed by atoms with E-state index in [9.17, 15) is 19.5 Å². The molecule has 0 fully saturated rings. The number of carboxylic acids is 1. The van der Waals surface area contributed by atoms with Crippen LogP contribution < -0.4 is 0 Å². The van der Waals surface area contributed by atoms with Crippen LogP contribution in [-0.4, -0.2) is 80.6 Å². The number of likely N-dealkylation sites (N-methyl/N-ethyl adjacent to an activating group) is 1. The van der Waals surface area contributed by atoms with Crippen molar-refractivity contribution in [3.05, 3.63) is 36.5 Å². The van der Waals surface area contributed by atoms with E-state index < -0.39 is 18.1 Å². The number of nitrogens with zero attached hydrogens (tertiary/aromatic N) is 1. The summed E-state index contributed by atoms with van der Waals surface area (Å²) in [5, 5.41) is 9.57. The lowest BCUT2D eigenvalue weighted by Crippen LogP contribution is -2.50. The lowest BCUT2D eigenvalue weighted by atomic mass is 10.1. The molecule has 0 aliphatic rings. The van der Waals surface area contributed by atoms with Crippen molar-refractivity contribution in [3.8, 4) is 0 Å². The van der Waals surface area contributed by atoms with Gasteiger partial charge in [0.05, 0.1) is 34.4 Å². The first kappa shape index (κ1) is 46.5. The molecule has 0 amide bonds. The molecule has 0 aromatic carbocycles. The molecule has 0 saturated heterocycles. The summed E-state index contributed by atoms with van der Waals surface area (Å²) >= 11 is 0. The number of unbranched alkanes of at least 4 members (excludes halogenated alkanes) is 15. The summed E-state index contributed by atoms with van der Waals surface area (Å²) < 4.78 is 17.1. The van der Waals surface area contributed by atoms with E-state index in [2.05, 4.69) is 50.3 Å². The lowest BCUT2D eigenvalue weighted by Gasteiger charge is -2.31. The fraction of sp³-hybridized carbons (Fsp3) is 0.780. The third-order valence-electron chi connectivity index (χ3n) is 8.54. The summed E-state index contributed by atoms with van der Waals surface area (Å²) in [6.07, 6.45) is 34.9. The number of hydrogen-bond donors (Lipinski definition) is 1. The highest BCUT2D eigenvalue weighted by atomic mass is 16.6. The molecule has 8 heteroatoms. The van der Waals surface area contributed by atoms with Crippen LogP contribution >= 0.6 is 0 Å². The molecule has 0 radical (unpaired) electrons. The average Bonchev–Trinajstić information content (AvgIpc) is 3.05. The van der Waals surface area contributed by atoms with Crippen LogP contribution in [0.1, 0.15) is 155 Å². The smallest absolute Gasteiger partial charge is 0.362 e. The monoisotopic (exact) mass is 693 g/mol. The predicted octanol–water partition coefficient (Wildman–Crippen LogP) is 9.91. The number of carbonyl (C=O) groups is 3. The number of carbonyl (C=O) groups excluding carboxylic acids is 2. The van der Waals surface area contributed by atoms with Gasteiger partial charge in [0.15, 0.2) is 12.1 Å². The molecule has 1 N–H and O–H groups in total. The van der Waals surface area contributed by atoms with Crippen LogP contribution in [0.2, 0.25) is 0 Å². The first-order valence-electron chi connectivity index (χ1n) is 19.5. The maximum Gasteiger partial charge on any atom is 0.362 e. The minimum Gasteiger partial charge on any atom is -0.477 e. The second kappa shape index (κ2) is 32.7. The van der Waals surface area contributed by atoms with Gasteiger partial charge in [-0.1, -0.05) is 115 Å². The first-order chi connectivity index (χ1) is 23.6. The van der Waals surface area contributed by atoms with Gasteiger partial charge in [-0.2, -0.15) is 0 Å². The summed E-state index contributed by atoms with van der Waals surface area (Å²) in [6.45, 7) is 4.62. The van der Waals surface area contributed by atoms with Gasteiger partial charge >= 0.3 is 17.9 Å². The van der Waals surface area contributed by atoms with Gasteiger partial charge < -0.3 is 23.8 Å². The first-order valence-corrected chi connectivity index (χ1v) is 19.5. The van der Waals surface area contributed by atoms with Crippen LogP contribution in [0, 0.1) is 0 Å². The molecule has 0 aromatic heterocycles. The molecule has 0 aliphatic heterocycles. The second-order valence-corrected chi connectivity index (χ2v) is 14.2. The molecule has 49 heavy (non-hydrogen) atoms. The zero-order chi connectivity index (χ0) is 36.4. The highest BCUT2D eigenvalue weighted by Crippen LogP contribution is 2.12. The van der Waals surface area contributed by atoms with Crippen molar-refractivity contribution in [2.75, 3.05) is 41.0 Å². The highest BCUT2D eigenvalue weighted by molar-refractivity contribution is 5.72. The van der Waals surface area contributed by atoms with Crippen molar-refractivity contribution in [1.82, 2.24) is 0 Å². The largest absolute Gasteiger partial charge is 0.477 e. The van der Waals surface area contributed by atoms with Crippen molar-refractivity contribution in [1.29, 1.82) is 0 Å². The minimum atomic E-state index is -0.884. The van der Waals surface area contributed by atoms with Crippen LogP contribution in [0.25, 0.3) is 0 Å². The number of hydrogen-bond acceptors (Lipinski definition) is 6.